The van der Waals surface area contributed by atoms with Crippen LogP contribution in [0.4, 0.5) is 0 Å². The third kappa shape index (κ3) is 3.62. The zero-order chi connectivity index (χ0) is 19.9. The Morgan fingerprint density at radius 3 is 2.64 bits per heavy atom. The van der Waals surface area contributed by atoms with Gasteiger partial charge in [-0.1, -0.05) is 29.8 Å². The molecule has 28 heavy (non-hydrogen) atoms. The number of hydrogen-bond acceptors (Lipinski definition) is 4. The third-order valence-electron chi connectivity index (χ3n) is 5.39. The number of aliphatic carboxylic acids is 1. The van der Waals surface area contributed by atoms with E-state index in [9.17, 15) is 13.2 Å². The second kappa shape index (κ2) is 7.39. The molecule has 2 N–H and O–H groups in total. The van der Waals surface area contributed by atoms with Crippen LogP contribution >= 0.6 is 11.6 Å². The highest BCUT2D eigenvalue weighted by molar-refractivity contribution is 7.89. The topological polar surface area (TPSA) is 92.7 Å². The Labute approximate surface area is 168 Å². The van der Waals surface area contributed by atoms with Crippen molar-refractivity contribution in [1.82, 2.24) is 4.72 Å². The Morgan fingerprint density at radius 2 is 1.93 bits per heavy atom. The predicted molar refractivity (Wildman–Crippen MR) is 104 cm³/mol. The van der Waals surface area contributed by atoms with Gasteiger partial charge in [-0.15, -0.1) is 0 Å². The second-order valence-corrected chi connectivity index (χ2v) is 9.32. The van der Waals surface area contributed by atoms with Crippen molar-refractivity contribution in [3.05, 3.63) is 58.6 Å². The number of nitrogens with one attached hydrogen (secondary N) is 1. The number of hydrogen-bond donors (Lipinski definition) is 2. The van der Waals surface area contributed by atoms with Crippen molar-refractivity contribution in [3.8, 4) is 5.75 Å². The molecule has 0 bridgehead atoms. The molecule has 3 atom stereocenters. The van der Waals surface area contributed by atoms with E-state index in [1.807, 2.05) is 18.2 Å². The standard InChI is InChI=1S/C20H20ClNO5S/c21-13-5-7-14(8-6-13)28(25,26)22-16-9-10-17-19(16)15-3-1-2-12(20(15)27-17)4-11-18(23)24/h1-3,5-8,16-17,19,22H,4,9-11H2,(H,23,24). The van der Waals surface area contributed by atoms with Crippen LogP contribution in [0.5, 0.6) is 5.75 Å². The summed E-state index contributed by atoms with van der Waals surface area (Å²) in [5.41, 5.74) is 1.81. The Morgan fingerprint density at radius 1 is 1.18 bits per heavy atom. The van der Waals surface area contributed by atoms with Gasteiger partial charge in [0.2, 0.25) is 10.0 Å². The van der Waals surface area contributed by atoms with Crippen molar-refractivity contribution in [2.45, 2.75) is 48.6 Å². The molecular weight excluding hydrogens is 402 g/mol. The third-order valence-corrected chi connectivity index (χ3v) is 7.15. The van der Waals surface area contributed by atoms with Gasteiger partial charge in [-0.25, -0.2) is 13.1 Å². The maximum Gasteiger partial charge on any atom is 0.303 e. The van der Waals surface area contributed by atoms with Gasteiger partial charge in [0.15, 0.2) is 0 Å². The lowest BCUT2D eigenvalue weighted by molar-refractivity contribution is -0.136. The van der Waals surface area contributed by atoms with Gasteiger partial charge < -0.3 is 9.84 Å². The van der Waals surface area contributed by atoms with Gasteiger partial charge in [0.1, 0.15) is 11.9 Å². The molecule has 1 fully saturated rings. The van der Waals surface area contributed by atoms with Gasteiger partial charge in [-0.3, -0.25) is 4.79 Å². The Hall–Kier alpha value is -2.09. The van der Waals surface area contributed by atoms with Gasteiger partial charge in [0.25, 0.3) is 0 Å². The van der Waals surface area contributed by atoms with Gasteiger partial charge in [-0.2, -0.15) is 0 Å². The van der Waals surface area contributed by atoms with E-state index >= 15 is 0 Å². The van der Waals surface area contributed by atoms with E-state index in [2.05, 4.69) is 4.72 Å². The molecule has 1 aliphatic carbocycles. The zero-order valence-corrected chi connectivity index (χ0v) is 16.5. The Kier molecular flexibility index (Phi) is 5.07. The van der Waals surface area contributed by atoms with Crippen molar-refractivity contribution < 1.29 is 23.1 Å². The molecule has 148 valence electrons. The highest BCUT2D eigenvalue weighted by atomic mass is 35.5. The van der Waals surface area contributed by atoms with E-state index in [4.69, 9.17) is 21.4 Å². The lowest BCUT2D eigenvalue weighted by Crippen LogP contribution is -2.37. The van der Waals surface area contributed by atoms with Crippen LogP contribution < -0.4 is 9.46 Å². The summed E-state index contributed by atoms with van der Waals surface area (Å²) in [4.78, 5) is 11.1. The fourth-order valence-electron chi connectivity index (χ4n) is 4.13. The summed E-state index contributed by atoms with van der Waals surface area (Å²) in [6.45, 7) is 0. The number of ether oxygens (including phenoxy) is 1. The monoisotopic (exact) mass is 421 g/mol. The molecule has 3 unspecified atom stereocenters. The molecular formula is C20H20ClNO5S. The molecule has 2 aliphatic rings. The largest absolute Gasteiger partial charge is 0.489 e. The second-order valence-electron chi connectivity index (χ2n) is 7.17. The quantitative estimate of drug-likeness (QED) is 0.746. The van der Waals surface area contributed by atoms with Crippen LogP contribution in [0.25, 0.3) is 0 Å². The fourth-order valence-corrected chi connectivity index (χ4v) is 5.54. The number of carbonyl (C=O) groups is 1. The average molecular weight is 422 g/mol. The smallest absolute Gasteiger partial charge is 0.303 e. The van der Waals surface area contributed by atoms with Gasteiger partial charge >= 0.3 is 5.97 Å². The lowest BCUT2D eigenvalue weighted by Gasteiger charge is -2.19. The number of sulfonamides is 1. The summed E-state index contributed by atoms with van der Waals surface area (Å²) < 4.78 is 34.5. The molecule has 2 aromatic rings. The van der Waals surface area contributed by atoms with Crippen LogP contribution in [0.1, 0.15) is 36.3 Å². The molecule has 0 saturated heterocycles. The maximum absolute atomic E-state index is 12.8. The predicted octanol–water partition coefficient (Wildman–Crippen LogP) is 3.34. The van der Waals surface area contributed by atoms with E-state index < -0.39 is 16.0 Å². The molecule has 0 spiro atoms. The highest BCUT2D eigenvalue weighted by Gasteiger charge is 2.46. The summed E-state index contributed by atoms with van der Waals surface area (Å²) in [5.74, 6) is -0.222. The number of halogens is 1. The van der Waals surface area contributed by atoms with E-state index in [0.717, 1.165) is 17.5 Å². The number of carboxylic acids is 1. The summed E-state index contributed by atoms with van der Waals surface area (Å²) in [7, 11) is -3.68. The zero-order valence-electron chi connectivity index (χ0n) is 15.0. The van der Waals surface area contributed by atoms with Crippen molar-refractivity contribution in [2.24, 2.45) is 0 Å². The summed E-state index contributed by atoms with van der Waals surface area (Å²) in [5, 5.41) is 9.43. The molecule has 1 aliphatic heterocycles. The van der Waals surface area contributed by atoms with Gasteiger partial charge in [-0.05, 0) is 49.1 Å². The molecule has 2 aromatic carbocycles. The van der Waals surface area contributed by atoms with Crippen LogP contribution in [0.2, 0.25) is 5.02 Å². The maximum atomic E-state index is 12.8. The fraction of sp³-hybridized carbons (Fsp3) is 0.350. The number of benzene rings is 2. The summed E-state index contributed by atoms with van der Waals surface area (Å²) in [6, 6.07) is 11.5. The number of fused-ring (bicyclic) bond motifs is 3. The summed E-state index contributed by atoms with van der Waals surface area (Å²) >= 11 is 5.85. The van der Waals surface area contributed by atoms with Crippen molar-refractivity contribution in [3.63, 3.8) is 0 Å². The van der Waals surface area contributed by atoms with Crippen LogP contribution in [0.3, 0.4) is 0 Å². The lowest BCUT2D eigenvalue weighted by atomic mass is 9.92. The SMILES string of the molecule is O=C(O)CCc1cccc2c1OC1CCC(NS(=O)(=O)c3ccc(Cl)cc3)C21. The number of rotatable bonds is 6. The van der Waals surface area contributed by atoms with Gasteiger partial charge in [0.05, 0.1) is 4.90 Å². The molecule has 0 aromatic heterocycles. The van der Waals surface area contributed by atoms with E-state index in [0.29, 0.717) is 23.6 Å². The molecule has 8 heteroatoms. The van der Waals surface area contributed by atoms with Gasteiger partial charge in [0, 0.05) is 29.0 Å². The van der Waals surface area contributed by atoms with Crippen LogP contribution in [-0.4, -0.2) is 31.6 Å². The van der Waals surface area contributed by atoms with Crippen LogP contribution in [-0.2, 0) is 21.2 Å². The number of carboxylic acid groups (broad SMARTS) is 1. The molecule has 6 nitrogen and oxygen atoms in total. The number of aryl methyl sites for hydroxylation is 1. The number of para-hydroxylation sites is 1. The first-order valence-electron chi connectivity index (χ1n) is 9.13. The molecule has 1 saturated carbocycles. The highest BCUT2D eigenvalue weighted by Crippen LogP contribution is 2.49. The molecule has 1 heterocycles. The van der Waals surface area contributed by atoms with Crippen molar-refractivity contribution >= 4 is 27.6 Å². The molecule has 0 radical (unpaired) electrons. The van der Waals surface area contributed by atoms with Crippen molar-refractivity contribution in [2.75, 3.05) is 0 Å². The normalized spacial score (nSPS) is 23.1. The van der Waals surface area contributed by atoms with E-state index in [1.165, 1.54) is 12.1 Å². The van der Waals surface area contributed by atoms with Crippen molar-refractivity contribution in [1.29, 1.82) is 0 Å². The molecule has 0 amide bonds. The van der Waals surface area contributed by atoms with E-state index in [1.54, 1.807) is 12.1 Å². The van der Waals surface area contributed by atoms with Crippen LogP contribution in [0, 0.1) is 0 Å². The minimum Gasteiger partial charge on any atom is -0.489 e. The van der Waals surface area contributed by atoms with E-state index in [-0.39, 0.29) is 29.4 Å². The average Bonchev–Trinajstić information content (AvgIpc) is 3.20. The first-order chi connectivity index (χ1) is 13.3. The molecule has 4 rings (SSSR count). The first-order valence-corrected chi connectivity index (χ1v) is 11.0. The minimum absolute atomic E-state index is 0.0295. The summed E-state index contributed by atoms with van der Waals surface area (Å²) in [6.07, 6.45) is 1.74. The Bertz CT molecular complexity index is 1010. The Balaban J connectivity index is 1.58. The van der Waals surface area contributed by atoms with Crippen LogP contribution in [0.15, 0.2) is 47.4 Å². The first kappa shape index (κ1) is 19.2. The minimum atomic E-state index is -3.68.